The lowest BCUT2D eigenvalue weighted by Crippen LogP contribution is -2.31. The molecular weight excluding hydrogens is 328 g/mol. The third kappa shape index (κ3) is 4.23. The highest BCUT2D eigenvalue weighted by Crippen LogP contribution is 2.46. The quantitative estimate of drug-likeness (QED) is 0.519. The summed E-state index contributed by atoms with van der Waals surface area (Å²) in [5.41, 5.74) is 4.20. The van der Waals surface area contributed by atoms with E-state index in [2.05, 4.69) is 62.4 Å². The summed E-state index contributed by atoms with van der Waals surface area (Å²) < 4.78 is 6.72. The summed E-state index contributed by atoms with van der Waals surface area (Å²) in [6.45, 7) is 4.51. The summed E-state index contributed by atoms with van der Waals surface area (Å²) in [5, 5.41) is 0. The Morgan fingerprint density at radius 3 is 2.67 bits per heavy atom. The van der Waals surface area contributed by atoms with Gasteiger partial charge in [-0.2, -0.15) is 0 Å². The SMILES string of the molecule is CC[C@H]1CCCC([C@H]2CCc3ccccc3[C@@H]2Oc2cccc(C)c2)CC1. The predicted molar refractivity (Wildman–Crippen MR) is 113 cm³/mol. The molecule has 0 spiro atoms. The number of ether oxygens (including phenoxy) is 1. The molecule has 4 rings (SSSR count). The van der Waals surface area contributed by atoms with Gasteiger partial charge in [0.05, 0.1) is 0 Å². The van der Waals surface area contributed by atoms with Crippen LogP contribution in [-0.4, -0.2) is 0 Å². The second-order valence-corrected chi connectivity index (χ2v) is 8.80. The number of aryl methyl sites for hydroxylation is 2. The van der Waals surface area contributed by atoms with Crippen molar-refractivity contribution < 1.29 is 4.74 Å². The van der Waals surface area contributed by atoms with Gasteiger partial charge in [-0.05, 0) is 66.8 Å². The van der Waals surface area contributed by atoms with Crippen LogP contribution in [0.5, 0.6) is 5.75 Å². The predicted octanol–water partition coefficient (Wildman–Crippen LogP) is 7.28. The summed E-state index contributed by atoms with van der Waals surface area (Å²) in [6, 6.07) is 17.6. The van der Waals surface area contributed by atoms with Crippen LogP contribution in [0.25, 0.3) is 0 Å². The molecule has 2 aliphatic carbocycles. The molecule has 1 nitrogen and oxygen atoms in total. The first kappa shape index (κ1) is 18.6. The van der Waals surface area contributed by atoms with Crippen molar-refractivity contribution in [3.8, 4) is 5.75 Å². The van der Waals surface area contributed by atoms with Gasteiger partial charge in [-0.25, -0.2) is 0 Å². The van der Waals surface area contributed by atoms with Crippen molar-refractivity contribution in [1.82, 2.24) is 0 Å². The van der Waals surface area contributed by atoms with E-state index >= 15 is 0 Å². The molecule has 144 valence electrons. The lowest BCUT2D eigenvalue weighted by atomic mass is 9.72. The zero-order valence-corrected chi connectivity index (χ0v) is 17.0. The topological polar surface area (TPSA) is 9.23 Å². The van der Waals surface area contributed by atoms with Crippen LogP contribution in [0.2, 0.25) is 0 Å². The van der Waals surface area contributed by atoms with Gasteiger partial charge in [-0.15, -0.1) is 0 Å². The highest BCUT2D eigenvalue weighted by Gasteiger charge is 2.37. The maximum absolute atomic E-state index is 6.72. The van der Waals surface area contributed by atoms with Gasteiger partial charge in [0.2, 0.25) is 0 Å². The van der Waals surface area contributed by atoms with Gasteiger partial charge >= 0.3 is 0 Å². The monoisotopic (exact) mass is 362 g/mol. The standard InChI is InChI=1S/C26H34O/c1-3-20-9-7-11-22(15-14-20)25-17-16-21-10-4-5-13-24(21)26(25)27-23-12-6-8-19(2)18-23/h4-6,8,10,12-13,18,20,22,25-26H,3,7,9,11,14-17H2,1-2H3/t20-,22?,25+,26-/m0/s1. The van der Waals surface area contributed by atoms with Crippen LogP contribution < -0.4 is 4.74 Å². The van der Waals surface area contributed by atoms with E-state index in [-0.39, 0.29) is 6.10 Å². The number of benzene rings is 2. The zero-order valence-electron chi connectivity index (χ0n) is 17.0. The van der Waals surface area contributed by atoms with Gasteiger partial charge in [-0.1, -0.05) is 75.4 Å². The van der Waals surface area contributed by atoms with Crippen molar-refractivity contribution in [3.05, 3.63) is 65.2 Å². The molecule has 2 aliphatic rings. The molecule has 0 bridgehead atoms. The molecule has 2 aromatic carbocycles. The van der Waals surface area contributed by atoms with E-state index < -0.39 is 0 Å². The maximum atomic E-state index is 6.72. The number of hydrogen-bond donors (Lipinski definition) is 0. The van der Waals surface area contributed by atoms with Crippen molar-refractivity contribution >= 4 is 0 Å². The van der Waals surface area contributed by atoms with E-state index in [0.717, 1.165) is 17.6 Å². The Hall–Kier alpha value is -1.76. The highest BCUT2D eigenvalue weighted by molar-refractivity contribution is 5.35. The molecule has 1 saturated carbocycles. The van der Waals surface area contributed by atoms with E-state index in [1.54, 1.807) is 0 Å². The minimum atomic E-state index is 0.208. The molecule has 4 atom stereocenters. The van der Waals surface area contributed by atoms with Gasteiger partial charge < -0.3 is 4.74 Å². The molecule has 0 aromatic heterocycles. The third-order valence-corrected chi connectivity index (χ3v) is 7.07. The van der Waals surface area contributed by atoms with Crippen LogP contribution in [0.3, 0.4) is 0 Å². The first-order chi connectivity index (χ1) is 13.2. The molecular formula is C26H34O. The number of rotatable bonds is 4. The van der Waals surface area contributed by atoms with E-state index in [4.69, 9.17) is 4.74 Å². The maximum Gasteiger partial charge on any atom is 0.127 e. The molecule has 1 fully saturated rings. The molecule has 0 amide bonds. The second-order valence-electron chi connectivity index (χ2n) is 8.80. The Bertz CT molecular complexity index is 749. The molecule has 0 radical (unpaired) electrons. The minimum absolute atomic E-state index is 0.208. The minimum Gasteiger partial charge on any atom is -0.485 e. The average molecular weight is 363 g/mol. The number of hydrogen-bond acceptors (Lipinski definition) is 1. The zero-order chi connectivity index (χ0) is 18.6. The van der Waals surface area contributed by atoms with Crippen molar-refractivity contribution in [2.75, 3.05) is 0 Å². The summed E-state index contributed by atoms with van der Waals surface area (Å²) in [7, 11) is 0. The van der Waals surface area contributed by atoms with Crippen molar-refractivity contribution in [2.24, 2.45) is 17.8 Å². The lowest BCUT2D eigenvalue weighted by Gasteiger charge is -2.38. The van der Waals surface area contributed by atoms with Gasteiger partial charge in [0.15, 0.2) is 0 Å². The Morgan fingerprint density at radius 2 is 1.81 bits per heavy atom. The van der Waals surface area contributed by atoms with Crippen molar-refractivity contribution in [3.63, 3.8) is 0 Å². The summed E-state index contributed by atoms with van der Waals surface area (Å²) in [4.78, 5) is 0. The molecule has 0 heterocycles. The summed E-state index contributed by atoms with van der Waals surface area (Å²) >= 11 is 0. The summed E-state index contributed by atoms with van der Waals surface area (Å²) in [6.07, 6.45) is 11.1. The highest BCUT2D eigenvalue weighted by atomic mass is 16.5. The molecule has 2 aromatic rings. The Balaban J connectivity index is 1.61. The van der Waals surface area contributed by atoms with Crippen LogP contribution in [0.4, 0.5) is 0 Å². The second kappa shape index (κ2) is 8.50. The fourth-order valence-corrected chi connectivity index (χ4v) is 5.46. The van der Waals surface area contributed by atoms with Crippen LogP contribution in [-0.2, 0) is 6.42 Å². The summed E-state index contributed by atoms with van der Waals surface area (Å²) in [5.74, 6) is 3.43. The molecule has 1 unspecified atom stereocenters. The van der Waals surface area contributed by atoms with Crippen LogP contribution in [0.1, 0.15) is 74.7 Å². The lowest BCUT2D eigenvalue weighted by molar-refractivity contribution is 0.0719. The Labute approximate surface area is 165 Å². The Kier molecular flexibility index (Phi) is 5.86. The molecule has 27 heavy (non-hydrogen) atoms. The largest absolute Gasteiger partial charge is 0.485 e. The average Bonchev–Trinajstić information content (AvgIpc) is 2.94. The molecule has 0 saturated heterocycles. The van der Waals surface area contributed by atoms with E-state index in [9.17, 15) is 0 Å². The Morgan fingerprint density at radius 1 is 0.926 bits per heavy atom. The smallest absolute Gasteiger partial charge is 0.127 e. The van der Waals surface area contributed by atoms with Gasteiger partial charge in [0.1, 0.15) is 11.9 Å². The first-order valence-corrected chi connectivity index (χ1v) is 11.1. The molecule has 1 heteroatoms. The van der Waals surface area contributed by atoms with Crippen molar-refractivity contribution in [1.29, 1.82) is 0 Å². The fourth-order valence-electron chi connectivity index (χ4n) is 5.46. The fraction of sp³-hybridized carbons (Fsp3) is 0.538. The third-order valence-electron chi connectivity index (χ3n) is 7.07. The van der Waals surface area contributed by atoms with Gasteiger partial charge in [-0.3, -0.25) is 0 Å². The van der Waals surface area contributed by atoms with Crippen molar-refractivity contribution in [2.45, 2.75) is 71.3 Å². The molecule has 0 aliphatic heterocycles. The van der Waals surface area contributed by atoms with E-state index in [0.29, 0.717) is 5.92 Å². The normalized spacial score (nSPS) is 28.2. The first-order valence-electron chi connectivity index (χ1n) is 11.1. The van der Waals surface area contributed by atoms with Gasteiger partial charge in [0.25, 0.3) is 0 Å². The van der Waals surface area contributed by atoms with Crippen LogP contribution >= 0.6 is 0 Å². The van der Waals surface area contributed by atoms with Gasteiger partial charge in [0, 0.05) is 5.92 Å². The van der Waals surface area contributed by atoms with E-state index in [1.807, 2.05) is 0 Å². The van der Waals surface area contributed by atoms with Crippen LogP contribution in [0.15, 0.2) is 48.5 Å². The number of fused-ring (bicyclic) bond motifs is 1. The van der Waals surface area contributed by atoms with Crippen LogP contribution in [0, 0.1) is 24.7 Å². The molecule has 0 N–H and O–H groups in total. The van der Waals surface area contributed by atoms with E-state index in [1.165, 1.54) is 68.1 Å².